The van der Waals surface area contributed by atoms with Gasteiger partial charge in [0.05, 0.1) is 11.0 Å². The highest BCUT2D eigenvalue weighted by molar-refractivity contribution is 5.33. The van der Waals surface area contributed by atoms with Crippen molar-refractivity contribution in [2.24, 2.45) is 76.9 Å². The van der Waals surface area contributed by atoms with E-state index in [1.54, 1.807) is 12.1 Å². The number of non-ortho nitro benzene ring substituents is 1. The highest BCUT2D eigenvalue weighted by Gasteiger charge is 2.11. The SMILES string of the molecule is C.C.C.C=C(C)CC(C)C.CC(C)=CCC(C)C.CC(C)C(C)C.CC(C)C1C=CCCC1.CC(C)CC#N.CC(C)Cc1ccc([N+](=O)[O-])cc1.CC(C)Cc1ccccc1.CC/C=C/CC(C)C.CCCC(C)C.CCCCC(C)C.CCCCC(C)C. The maximum Gasteiger partial charge on any atom is 0.269 e. The number of unbranched alkanes of at least 4 members (excludes halogenated alkanes) is 2. The third-order valence-electron chi connectivity index (χ3n) is 13.2. The van der Waals surface area contributed by atoms with Crippen LogP contribution in [0.25, 0.3) is 0 Å². The van der Waals surface area contributed by atoms with Crippen molar-refractivity contribution >= 4 is 5.69 Å². The first kappa shape index (κ1) is 111. The minimum atomic E-state index is -0.376. The van der Waals surface area contributed by atoms with Gasteiger partial charge in [-0.25, -0.2) is 0 Å². The van der Waals surface area contributed by atoms with Gasteiger partial charge >= 0.3 is 0 Å². The molecule has 0 aromatic heterocycles. The second kappa shape index (κ2) is 81.4. The van der Waals surface area contributed by atoms with Gasteiger partial charge in [-0.2, -0.15) is 5.26 Å². The molecule has 0 aliphatic heterocycles. The van der Waals surface area contributed by atoms with E-state index >= 15 is 0 Å². The first-order valence-electron chi connectivity index (χ1n) is 35.7. The van der Waals surface area contributed by atoms with E-state index in [9.17, 15) is 10.1 Å². The maximum absolute atomic E-state index is 10.3. The molecule has 1 aliphatic rings. The topological polar surface area (TPSA) is 66.9 Å². The first-order valence-corrected chi connectivity index (χ1v) is 35.7. The Kier molecular flexibility index (Phi) is 100. The zero-order valence-corrected chi connectivity index (χ0v) is 64.7. The Morgan fingerprint density at radius 1 is 0.556 bits per heavy atom. The van der Waals surface area contributed by atoms with Gasteiger partial charge in [0.1, 0.15) is 0 Å². The molecular formula is C86H170N2O2. The fraction of sp³-hybridized carbons (Fsp3) is 0.756. The summed E-state index contributed by atoms with van der Waals surface area (Å²) in [4.78, 5) is 9.96. The van der Waals surface area contributed by atoms with Crippen LogP contribution in [0, 0.1) is 98.4 Å². The van der Waals surface area contributed by atoms with Crippen LogP contribution in [0.3, 0.4) is 0 Å². The molecule has 2 aromatic carbocycles. The Balaban J connectivity index is -0.0000000852. The molecule has 90 heavy (non-hydrogen) atoms. The van der Waals surface area contributed by atoms with Crippen LogP contribution >= 0.6 is 0 Å². The van der Waals surface area contributed by atoms with E-state index in [1.165, 1.54) is 119 Å². The van der Waals surface area contributed by atoms with Gasteiger partial charge in [-0.05, 0) is 167 Å². The summed E-state index contributed by atoms with van der Waals surface area (Å²) in [5, 5.41) is 18.3. The van der Waals surface area contributed by atoms with Crippen molar-refractivity contribution < 1.29 is 4.92 Å². The molecule has 0 amide bonds. The van der Waals surface area contributed by atoms with Crippen molar-refractivity contribution in [2.75, 3.05) is 0 Å². The van der Waals surface area contributed by atoms with Crippen molar-refractivity contribution in [3.63, 3.8) is 0 Å². The molecule has 0 fully saturated rings. The number of nitro benzene ring substituents is 1. The van der Waals surface area contributed by atoms with Gasteiger partial charge in [0.2, 0.25) is 0 Å². The average molecular weight is 1260 g/mol. The van der Waals surface area contributed by atoms with Gasteiger partial charge in [-0.3, -0.25) is 10.1 Å². The van der Waals surface area contributed by atoms with Crippen molar-refractivity contribution in [1.29, 1.82) is 5.26 Å². The lowest BCUT2D eigenvalue weighted by molar-refractivity contribution is -0.384. The predicted molar refractivity (Wildman–Crippen MR) is 423 cm³/mol. The van der Waals surface area contributed by atoms with Gasteiger partial charge < -0.3 is 0 Å². The van der Waals surface area contributed by atoms with E-state index in [0.29, 0.717) is 18.3 Å². The van der Waals surface area contributed by atoms with E-state index in [2.05, 4.69) is 274 Å². The minimum absolute atomic E-state index is 0. The number of allylic oxidation sites excluding steroid dienone is 7. The van der Waals surface area contributed by atoms with Gasteiger partial charge in [0.25, 0.3) is 5.69 Å². The fourth-order valence-electron chi connectivity index (χ4n) is 7.39. The Hall–Kier alpha value is -3.71. The summed E-state index contributed by atoms with van der Waals surface area (Å²) in [6.07, 6.45) is 34.2. The number of nitro groups is 1. The quantitative estimate of drug-likeness (QED) is 0.0633. The van der Waals surface area contributed by atoms with Crippen LogP contribution in [0.4, 0.5) is 5.69 Å². The summed E-state index contributed by atoms with van der Waals surface area (Å²) in [5.74, 6) is 10.4. The zero-order chi connectivity index (χ0) is 69.3. The molecule has 0 heterocycles. The summed E-state index contributed by atoms with van der Waals surface area (Å²) in [6.45, 7) is 72.3. The molecule has 536 valence electrons. The molecule has 2 aromatic rings. The molecule has 0 bridgehead atoms. The Bertz CT molecular complexity index is 1770. The molecule has 0 radical (unpaired) electrons. The van der Waals surface area contributed by atoms with Crippen LogP contribution in [-0.2, 0) is 12.8 Å². The first-order chi connectivity index (χ1) is 40.4. The van der Waals surface area contributed by atoms with Gasteiger partial charge in [0.15, 0.2) is 0 Å². The van der Waals surface area contributed by atoms with E-state index in [4.69, 9.17) is 5.26 Å². The van der Waals surface area contributed by atoms with Crippen molar-refractivity contribution in [2.45, 2.75) is 352 Å². The van der Waals surface area contributed by atoms with Crippen LogP contribution < -0.4 is 0 Å². The Morgan fingerprint density at radius 2 is 0.978 bits per heavy atom. The van der Waals surface area contributed by atoms with Crippen LogP contribution in [0.15, 0.2) is 103 Å². The molecular weight excluding hydrogens is 1090 g/mol. The molecule has 0 saturated carbocycles. The van der Waals surface area contributed by atoms with Crippen LogP contribution in [0.5, 0.6) is 0 Å². The third-order valence-corrected chi connectivity index (χ3v) is 13.2. The number of hydrogen-bond acceptors (Lipinski definition) is 3. The predicted octanol–water partition coefficient (Wildman–Crippen LogP) is 31.2. The molecule has 1 atom stereocenters. The van der Waals surface area contributed by atoms with Crippen LogP contribution in [-0.4, -0.2) is 4.92 Å². The average Bonchev–Trinajstić information content (AvgIpc) is 2.79. The van der Waals surface area contributed by atoms with Gasteiger partial charge in [0, 0.05) is 18.6 Å². The summed E-state index contributed by atoms with van der Waals surface area (Å²) < 4.78 is 0. The van der Waals surface area contributed by atoms with Crippen molar-refractivity contribution in [3.8, 4) is 6.07 Å². The number of hydrogen-bond donors (Lipinski definition) is 0. The molecule has 3 rings (SSSR count). The molecule has 0 saturated heterocycles. The maximum atomic E-state index is 10.3. The summed E-state index contributed by atoms with van der Waals surface area (Å²) >= 11 is 0. The Morgan fingerprint density at radius 3 is 1.17 bits per heavy atom. The van der Waals surface area contributed by atoms with E-state index in [1.807, 2.05) is 26.0 Å². The van der Waals surface area contributed by atoms with Crippen molar-refractivity contribution in [3.05, 3.63) is 124 Å². The van der Waals surface area contributed by atoms with Gasteiger partial charge in [-0.15, -0.1) is 6.58 Å². The molecule has 4 heteroatoms. The monoisotopic (exact) mass is 1260 g/mol. The smallest absolute Gasteiger partial charge is 0.258 e. The summed E-state index contributed by atoms with van der Waals surface area (Å²) in [5.41, 5.74) is 5.47. The Labute approximate surface area is 572 Å². The highest BCUT2D eigenvalue weighted by atomic mass is 16.6. The van der Waals surface area contributed by atoms with E-state index < -0.39 is 0 Å². The summed E-state index contributed by atoms with van der Waals surface area (Å²) in [6, 6.07) is 19.4. The van der Waals surface area contributed by atoms with Crippen LogP contribution in [0.2, 0.25) is 0 Å². The number of nitriles is 1. The third kappa shape index (κ3) is 118. The lowest BCUT2D eigenvalue weighted by atomic mass is 9.87. The second-order valence-electron chi connectivity index (χ2n) is 29.3. The summed E-state index contributed by atoms with van der Waals surface area (Å²) in [7, 11) is 0. The van der Waals surface area contributed by atoms with Crippen molar-refractivity contribution in [1.82, 2.24) is 0 Å². The highest BCUT2D eigenvalue weighted by Crippen LogP contribution is 2.23. The molecule has 1 aliphatic carbocycles. The lowest BCUT2D eigenvalue weighted by Gasteiger charge is -2.19. The minimum Gasteiger partial charge on any atom is -0.258 e. The normalized spacial score (nSPS) is 11.6. The number of rotatable bonds is 23. The second-order valence-corrected chi connectivity index (χ2v) is 29.3. The standard InChI is InChI=1S/C10H13NO2.C10H14.C9H16.2C8H16.C7H14.2C7H16.2C6H14.C5H9N.3CH4/c1-8(2)7-9-3-5-10(6-4-9)11(12)13;1-9(2)8-10-6-4-3-5-7-10;1-8(2)9-6-4-3-5-7-9;1-7(2)5-6-8(3)4;1-4-5-6-7-8(2)3;1-6(2)5-7(3)4;2*1-4-5-6-7(2)3;1-5(2)6(3)4;1-4-5-6(2)3;1-5(2)3-4-6;;;/h3-6,8H,7H2,1-2H3;3-7,9H,8H2,1-2H3;4,6,8-9H,3,5,7H2,1-2H3;5,8H,6H2,1-4H3;5-6,8H,4,7H2,1-3H3;7H,1,5H2,2-4H3;2*7H,4-6H2,1-3H3;5-6H,1-4H3;6H,4-5H2,1-3H3;5H,3H2,1-2H3;3*1H4/b;;;;6-5+;;;;;;;;;. The molecule has 0 spiro atoms. The number of nitrogens with zero attached hydrogens (tertiary/aromatic N) is 2. The molecule has 4 nitrogen and oxygen atoms in total. The van der Waals surface area contributed by atoms with E-state index in [-0.39, 0.29) is 32.9 Å². The fourth-order valence-corrected chi connectivity index (χ4v) is 7.39. The van der Waals surface area contributed by atoms with E-state index in [0.717, 1.165) is 77.1 Å². The largest absolute Gasteiger partial charge is 0.269 e. The van der Waals surface area contributed by atoms with Gasteiger partial charge in [-0.1, -0.05) is 352 Å². The van der Waals surface area contributed by atoms with Crippen LogP contribution in [0.1, 0.15) is 351 Å². The molecule has 1 unspecified atom stereocenters. The number of benzene rings is 2. The lowest BCUT2D eigenvalue weighted by Crippen LogP contribution is -2.07. The molecule has 0 N–H and O–H groups in total. The zero-order valence-electron chi connectivity index (χ0n) is 64.7.